The number of amides is 3. The number of benzene rings is 2. The summed E-state index contributed by atoms with van der Waals surface area (Å²) in [5.41, 5.74) is 3.62. The highest BCUT2D eigenvalue weighted by Crippen LogP contribution is 2.29. The number of carboxylic acid groups (broad SMARTS) is 1. The molecule has 198 valence electrons. The number of carbonyl (C=O) groups is 3. The molecule has 1 saturated heterocycles. The van der Waals surface area contributed by atoms with Crippen LogP contribution in [0.2, 0.25) is 0 Å². The molecular weight excluding hydrogens is 486 g/mol. The minimum absolute atomic E-state index is 0.0268. The Hall–Kier alpha value is -4.60. The van der Waals surface area contributed by atoms with E-state index in [9.17, 15) is 14.4 Å². The molecule has 4 rings (SSSR count). The van der Waals surface area contributed by atoms with Gasteiger partial charge in [-0.1, -0.05) is 24.3 Å². The summed E-state index contributed by atoms with van der Waals surface area (Å²) in [5.74, 6) is -0.662. The van der Waals surface area contributed by atoms with Gasteiger partial charge >= 0.3 is 12.0 Å². The van der Waals surface area contributed by atoms with Gasteiger partial charge in [-0.3, -0.25) is 4.79 Å². The first kappa shape index (κ1) is 26.5. The molecule has 1 aromatic heterocycles. The van der Waals surface area contributed by atoms with Gasteiger partial charge in [0.15, 0.2) is 0 Å². The number of nitrogens with one attached hydrogen (secondary N) is 2. The maximum Gasteiger partial charge on any atom is 0.354 e. The molecule has 10 heteroatoms. The molecule has 0 aliphatic carbocycles. The Morgan fingerprint density at radius 3 is 2.55 bits per heavy atom. The van der Waals surface area contributed by atoms with Gasteiger partial charge in [-0.15, -0.1) is 0 Å². The molecule has 0 saturated carbocycles. The number of ether oxygens (including phenoxy) is 1. The third kappa shape index (κ3) is 6.03. The van der Waals surface area contributed by atoms with Gasteiger partial charge in [0.2, 0.25) is 5.91 Å². The van der Waals surface area contributed by atoms with E-state index >= 15 is 0 Å². The SMILES string of the molecule is COc1cc(CC(=O)N2CCCC2N(C)c2ccc(C(=O)O)nc2)ccc1NC(=O)Nc1ccccc1C. The number of aromatic carboxylic acids is 1. The summed E-state index contributed by atoms with van der Waals surface area (Å²) in [7, 11) is 3.39. The lowest BCUT2D eigenvalue weighted by Crippen LogP contribution is -2.46. The summed E-state index contributed by atoms with van der Waals surface area (Å²) in [4.78, 5) is 44.7. The maximum atomic E-state index is 13.3. The van der Waals surface area contributed by atoms with Crippen LogP contribution in [0.3, 0.4) is 0 Å². The van der Waals surface area contributed by atoms with Crippen LogP contribution < -0.4 is 20.3 Å². The first-order valence-corrected chi connectivity index (χ1v) is 12.3. The molecule has 3 amide bonds. The predicted octanol–water partition coefficient (Wildman–Crippen LogP) is 4.37. The standard InChI is InChI=1S/C28H31N5O5/c1-18-7-4-5-8-21(18)30-28(37)31-22-12-10-19(15-24(22)38-3)16-26(34)33-14-6-9-25(33)32(2)20-11-13-23(27(35)36)29-17-20/h4-5,7-8,10-13,15,17,25H,6,9,14,16H2,1-3H3,(H,35,36)(H2,30,31,37). The second-order valence-electron chi connectivity index (χ2n) is 9.13. The van der Waals surface area contributed by atoms with E-state index in [0.29, 0.717) is 23.7 Å². The number of carboxylic acids is 1. The van der Waals surface area contributed by atoms with Gasteiger partial charge in [-0.2, -0.15) is 0 Å². The number of para-hydroxylation sites is 1. The number of urea groups is 1. The summed E-state index contributed by atoms with van der Waals surface area (Å²) >= 11 is 0. The number of rotatable bonds is 8. The molecule has 1 atom stereocenters. The number of pyridine rings is 1. The van der Waals surface area contributed by atoms with Crippen molar-refractivity contribution in [3.8, 4) is 5.75 Å². The molecule has 1 aliphatic heterocycles. The van der Waals surface area contributed by atoms with Crippen LogP contribution in [-0.2, 0) is 11.2 Å². The zero-order chi connectivity index (χ0) is 27.2. The van der Waals surface area contributed by atoms with Gasteiger partial charge in [0.25, 0.3) is 0 Å². The molecule has 10 nitrogen and oxygen atoms in total. The normalized spacial score (nSPS) is 14.6. The summed E-state index contributed by atoms with van der Waals surface area (Å²) < 4.78 is 5.49. The van der Waals surface area contributed by atoms with Crippen LogP contribution >= 0.6 is 0 Å². The zero-order valence-corrected chi connectivity index (χ0v) is 21.6. The third-order valence-corrected chi connectivity index (χ3v) is 6.63. The summed E-state index contributed by atoms with van der Waals surface area (Å²) in [6.45, 7) is 2.54. The molecule has 0 spiro atoms. The van der Waals surface area contributed by atoms with Gasteiger partial charge in [0, 0.05) is 19.3 Å². The van der Waals surface area contributed by atoms with Crippen molar-refractivity contribution in [1.29, 1.82) is 0 Å². The summed E-state index contributed by atoms with van der Waals surface area (Å²) in [6.07, 6.45) is 3.19. The molecule has 1 unspecified atom stereocenters. The Labute approximate surface area is 221 Å². The third-order valence-electron chi connectivity index (χ3n) is 6.63. The number of likely N-dealkylation sites (tertiary alicyclic amines) is 1. The number of aromatic nitrogens is 1. The monoisotopic (exact) mass is 517 g/mol. The molecule has 3 aromatic rings. The van der Waals surface area contributed by atoms with E-state index in [-0.39, 0.29) is 24.2 Å². The van der Waals surface area contributed by atoms with E-state index in [0.717, 1.165) is 29.7 Å². The lowest BCUT2D eigenvalue weighted by Gasteiger charge is -2.34. The van der Waals surface area contributed by atoms with Crippen molar-refractivity contribution in [2.24, 2.45) is 0 Å². The lowest BCUT2D eigenvalue weighted by molar-refractivity contribution is -0.131. The van der Waals surface area contributed by atoms with Crippen LogP contribution in [0.1, 0.15) is 34.5 Å². The van der Waals surface area contributed by atoms with Crippen molar-refractivity contribution in [2.75, 3.05) is 36.2 Å². The Bertz CT molecular complexity index is 1330. The highest BCUT2D eigenvalue weighted by molar-refractivity contribution is 6.01. The van der Waals surface area contributed by atoms with Crippen LogP contribution in [0.4, 0.5) is 21.9 Å². The van der Waals surface area contributed by atoms with E-state index in [1.807, 2.05) is 48.0 Å². The van der Waals surface area contributed by atoms with Crippen molar-refractivity contribution < 1.29 is 24.2 Å². The highest BCUT2D eigenvalue weighted by Gasteiger charge is 2.32. The van der Waals surface area contributed by atoms with Crippen LogP contribution in [0, 0.1) is 6.92 Å². The van der Waals surface area contributed by atoms with Gasteiger partial charge < -0.3 is 30.3 Å². The van der Waals surface area contributed by atoms with Crippen molar-refractivity contribution in [1.82, 2.24) is 9.88 Å². The van der Waals surface area contributed by atoms with Crippen LogP contribution in [0.5, 0.6) is 5.75 Å². The molecule has 2 heterocycles. The Morgan fingerprint density at radius 1 is 1.11 bits per heavy atom. The lowest BCUT2D eigenvalue weighted by atomic mass is 10.1. The molecule has 2 aromatic carbocycles. The highest BCUT2D eigenvalue weighted by atomic mass is 16.5. The van der Waals surface area contributed by atoms with E-state index in [4.69, 9.17) is 9.84 Å². The second-order valence-corrected chi connectivity index (χ2v) is 9.13. The fourth-order valence-corrected chi connectivity index (χ4v) is 4.55. The number of methoxy groups -OCH3 is 1. The minimum Gasteiger partial charge on any atom is -0.495 e. The molecular formula is C28H31N5O5. The van der Waals surface area contributed by atoms with Crippen molar-refractivity contribution in [3.63, 3.8) is 0 Å². The van der Waals surface area contributed by atoms with Gasteiger partial charge in [-0.25, -0.2) is 14.6 Å². The molecule has 38 heavy (non-hydrogen) atoms. The number of anilines is 3. The van der Waals surface area contributed by atoms with Crippen molar-refractivity contribution in [3.05, 3.63) is 77.6 Å². The average Bonchev–Trinajstić information content (AvgIpc) is 3.41. The van der Waals surface area contributed by atoms with Crippen LogP contribution in [-0.4, -0.2) is 59.8 Å². The summed E-state index contributed by atoms with van der Waals surface area (Å²) in [6, 6.07) is 15.5. The fraction of sp³-hybridized carbons (Fsp3) is 0.286. The fourth-order valence-electron chi connectivity index (χ4n) is 4.55. The second kappa shape index (κ2) is 11.6. The van der Waals surface area contributed by atoms with Crippen LogP contribution in [0.25, 0.3) is 0 Å². The molecule has 0 bridgehead atoms. The molecule has 1 fully saturated rings. The maximum absolute atomic E-state index is 13.3. The number of nitrogens with zero attached hydrogens (tertiary/aromatic N) is 3. The Morgan fingerprint density at radius 2 is 1.87 bits per heavy atom. The van der Waals surface area contributed by atoms with E-state index in [1.54, 1.807) is 24.3 Å². The average molecular weight is 518 g/mol. The van der Waals surface area contributed by atoms with Gasteiger partial charge in [0.1, 0.15) is 17.6 Å². The van der Waals surface area contributed by atoms with E-state index in [2.05, 4.69) is 15.6 Å². The predicted molar refractivity (Wildman–Crippen MR) is 145 cm³/mol. The number of hydrogen-bond donors (Lipinski definition) is 3. The quantitative estimate of drug-likeness (QED) is 0.405. The van der Waals surface area contributed by atoms with E-state index < -0.39 is 12.0 Å². The van der Waals surface area contributed by atoms with Crippen molar-refractivity contribution in [2.45, 2.75) is 32.4 Å². The number of hydrogen-bond acceptors (Lipinski definition) is 6. The number of carbonyl (C=O) groups excluding carboxylic acids is 2. The topological polar surface area (TPSA) is 124 Å². The van der Waals surface area contributed by atoms with Crippen molar-refractivity contribution >= 4 is 35.0 Å². The first-order valence-electron chi connectivity index (χ1n) is 12.3. The van der Waals surface area contributed by atoms with Gasteiger partial charge in [0.05, 0.1) is 31.1 Å². The molecule has 3 N–H and O–H groups in total. The Kier molecular flexibility index (Phi) is 8.10. The molecule has 0 radical (unpaired) electrons. The van der Waals surface area contributed by atoms with Gasteiger partial charge in [-0.05, 0) is 61.2 Å². The first-order chi connectivity index (χ1) is 18.3. The molecule has 1 aliphatic rings. The number of aryl methyl sites for hydroxylation is 1. The smallest absolute Gasteiger partial charge is 0.354 e. The largest absolute Gasteiger partial charge is 0.495 e. The Balaban J connectivity index is 1.41. The summed E-state index contributed by atoms with van der Waals surface area (Å²) in [5, 5.41) is 14.7. The van der Waals surface area contributed by atoms with Crippen LogP contribution in [0.15, 0.2) is 60.8 Å². The zero-order valence-electron chi connectivity index (χ0n) is 21.6. The van der Waals surface area contributed by atoms with E-state index in [1.165, 1.54) is 19.4 Å². The minimum atomic E-state index is -1.08.